The number of nitrogens with zero attached hydrogens (tertiary/aromatic N) is 3. The zero-order chi connectivity index (χ0) is 15.1. The van der Waals surface area contributed by atoms with Crippen LogP contribution in [0.4, 0.5) is 5.82 Å². The third kappa shape index (κ3) is 2.30. The molecular formula is C16H12BrClN4. The number of pyridine rings is 1. The SMILES string of the molecule is Clc1ccc(-n2nc(-c3cncc(Br)c3)c3c2NCC3)cc1. The molecule has 0 saturated heterocycles. The number of aromatic nitrogens is 3. The van der Waals surface area contributed by atoms with Crippen LogP contribution in [0.3, 0.4) is 0 Å². The molecule has 0 amide bonds. The molecule has 1 aliphatic heterocycles. The van der Waals surface area contributed by atoms with Crippen LogP contribution in [0.25, 0.3) is 16.9 Å². The van der Waals surface area contributed by atoms with Gasteiger partial charge >= 0.3 is 0 Å². The van der Waals surface area contributed by atoms with Crippen molar-refractivity contribution in [1.82, 2.24) is 14.8 Å². The summed E-state index contributed by atoms with van der Waals surface area (Å²) in [5.41, 5.74) is 4.21. The van der Waals surface area contributed by atoms with E-state index in [1.165, 1.54) is 5.56 Å². The first-order valence-corrected chi connectivity index (χ1v) is 8.12. The van der Waals surface area contributed by atoms with Crippen molar-refractivity contribution in [2.24, 2.45) is 0 Å². The van der Waals surface area contributed by atoms with Gasteiger partial charge in [0.1, 0.15) is 5.82 Å². The van der Waals surface area contributed by atoms with Crippen LogP contribution in [-0.4, -0.2) is 21.3 Å². The van der Waals surface area contributed by atoms with Gasteiger partial charge in [-0.25, -0.2) is 4.68 Å². The van der Waals surface area contributed by atoms with Crippen LogP contribution in [0, 0.1) is 0 Å². The van der Waals surface area contributed by atoms with E-state index < -0.39 is 0 Å². The van der Waals surface area contributed by atoms with Gasteiger partial charge in [0.05, 0.1) is 11.4 Å². The molecule has 3 aromatic rings. The molecule has 3 heterocycles. The van der Waals surface area contributed by atoms with E-state index in [4.69, 9.17) is 16.7 Å². The van der Waals surface area contributed by atoms with Crippen molar-refractivity contribution in [2.45, 2.75) is 6.42 Å². The maximum atomic E-state index is 5.98. The zero-order valence-electron chi connectivity index (χ0n) is 11.6. The summed E-state index contributed by atoms with van der Waals surface area (Å²) in [5.74, 6) is 1.05. The highest BCUT2D eigenvalue weighted by molar-refractivity contribution is 9.10. The third-order valence-corrected chi connectivity index (χ3v) is 4.39. The summed E-state index contributed by atoms with van der Waals surface area (Å²) in [6, 6.07) is 9.73. The van der Waals surface area contributed by atoms with E-state index in [2.05, 4.69) is 26.2 Å². The van der Waals surface area contributed by atoms with Crippen molar-refractivity contribution in [3.8, 4) is 16.9 Å². The number of hydrogen-bond acceptors (Lipinski definition) is 3. The average molecular weight is 376 g/mol. The normalized spacial score (nSPS) is 13.0. The zero-order valence-corrected chi connectivity index (χ0v) is 13.9. The smallest absolute Gasteiger partial charge is 0.133 e. The van der Waals surface area contributed by atoms with Crippen molar-refractivity contribution in [3.05, 3.63) is 57.8 Å². The highest BCUT2D eigenvalue weighted by Crippen LogP contribution is 2.35. The number of rotatable bonds is 2. The number of benzene rings is 1. The minimum Gasteiger partial charge on any atom is -0.369 e. The summed E-state index contributed by atoms with van der Waals surface area (Å²) in [5, 5.41) is 8.93. The molecule has 1 N–H and O–H groups in total. The molecule has 22 heavy (non-hydrogen) atoms. The van der Waals surface area contributed by atoms with Crippen molar-refractivity contribution >= 4 is 33.3 Å². The average Bonchev–Trinajstić information content (AvgIpc) is 3.10. The Balaban J connectivity index is 1.88. The minimum absolute atomic E-state index is 0.719. The fraction of sp³-hybridized carbons (Fsp3) is 0.125. The van der Waals surface area contributed by atoms with E-state index in [-0.39, 0.29) is 0 Å². The van der Waals surface area contributed by atoms with Gasteiger partial charge in [-0.2, -0.15) is 5.10 Å². The summed E-state index contributed by atoms with van der Waals surface area (Å²) in [7, 11) is 0. The van der Waals surface area contributed by atoms with Gasteiger partial charge in [0.2, 0.25) is 0 Å². The van der Waals surface area contributed by atoms with Gasteiger partial charge in [0, 0.05) is 39.6 Å². The molecule has 0 fully saturated rings. The Kier molecular flexibility index (Phi) is 3.39. The van der Waals surface area contributed by atoms with Crippen LogP contribution in [0.2, 0.25) is 5.02 Å². The molecule has 110 valence electrons. The predicted octanol–water partition coefficient (Wildman–Crippen LogP) is 4.32. The first-order chi connectivity index (χ1) is 10.7. The van der Waals surface area contributed by atoms with E-state index in [0.29, 0.717) is 0 Å². The molecule has 6 heteroatoms. The van der Waals surface area contributed by atoms with Crippen molar-refractivity contribution in [2.75, 3.05) is 11.9 Å². The molecule has 4 nitrogen and oxygen atoms in total. The lowest BCUT2D eigenvalue weighted by molar-refractivity contribution is 0.882. The lowest BCUT2D eigenvalue weighted by Gasteiger charge is -2.06. The molecule has 0 saturated carbocycles. The predicted molar refractivity (Wildman–Crippen MR) is 91.7 cm³/mol. The summed E-state index contributed by atoms with van der Waals surface area (Å²) >= 11 is 9.45. The van der Waals surface area contributed by atoms with Crippen molar-refractivity contribution < 1.29 is 0 Å². The molecule has 0 radical (unpaired) electrons. The van der Waals surface area contributed by atoms with E-state index in [9.17, 15) is 0 Å². The number of fused-ring (bicyclic) bond motifs is 1. The van der Waals surface area contributed by atoms with Crippen LogP contribution in [0.15, 0.2) is 47.2 Å². The number of halogens is 2. The monoisotopic (exact) mass is 374 g/mol. The van der Waals surface area contributed by atoms with Crippen LogP contribution in [0.1, 0.15) is 5.56 Å². The maximum Gasteiger partial charge on any atom is 0.133 e. The highest BCUT2D eigenvalue weighted by atomic mass is 79.9. The molecule has 1 aromatic carbocycles. The second kappa shape index (κ2) is 5.41. The van der Waals surface area contributed by atoms with Crippen LogP contribution in [-0.2, 0) is 6.42 Å². The quantitative estimate of drug-likeness (QED) is 0.725. The Morgan fingerprint density at radius 3 is 2.77 bits per heavy atom. The summed E-state index contributed by atoms with van der Waals surface area (Å²) < 4.78 is 2.89. The molecule has 1 aliphatic rings. The Hall–Kier alpha value is -1.85. The fourth-order valence-electron chi connectivity index (χ4n) is 2.72. The van der Waals surface area contributed by atoms with Crippen LogP contribution < -0.4 is 5.32 Å². The molecule has 0 aliphatic carbocycles. The molecule has 0 bridgehead atoms. The molecule has 2 aromatic heterocycles. The maximum absolute atomic E-state index is 5.98. The number of nitrogens with one attached hydrogen (secondary N) is 1. The fourth-order valence-corrected chi connectivity index (χ4v) is 3.21. The Labute approximate surface area is 141 Å². The van der Waals surface area contributed by atoms with Gasteiger partial charge < -0.3 is 5.32 Å². The molecule has 0 spiro atoms. The van der Waals surface area contributed by atoms with Gasteiger partial charge in [-0.1, -0.05) is 11.6 Å². The lowest BCUT2D eigenvalue weighted by Crippen LogP contribution is -2.04. The molecule has 4 rings (SSSR count). The van der Waals surface area contributed by atoms with E-state index in [1.807, 2.05) is 41.2 Å². The standard InChI is InChI=1S/C16H12BrClN4/c17-11-7-10(8-19-9-11)15-14-5-6-20-16(14)22(21-15)13-3-1-12(18)2-4-13/h1-4,7-9,20H,5-6H2. The van der Waals surface area contributed by atoms with Crippen molar-refractivity contribution in [3.63, 3.8) is 0 Å². The second-order valence-electron chi connectivity index (χ2n) is 5.13. The van der Waals surface area contributed by atoms with E-state index >= 15 is 0 Å². The van der Waals surface area contributed by atoms with Gasteiger partial charge in [-0.3, -0.25) is 4.98 Å². The van der Waals surface area contributed by atoms with Gasteiger partial charge in [0.25, 0.3) is 0 Å². The molecule has 0 unspecified atom stereocenters. The first kappa shape index (κ1) is 13.8. The second-order valence-corrected chi connectivity index (χ2v) is 6.48. The first-order valence-electron chi connectivity index (χ1n) is 6.95. The van der Waals surface area contributed by atoms with E-state index in [1.54, 1.807) is 6.20 Å². The highest BCUT2D eigenvalue weighted by Gasteiger charge is 2.24. The van der Waals surface area contributed by atoms with Crippen LogP contribution >= 0.6 is 27.5 Å². The van der Waals surface area contributed by atoms with Crippen LogP contribution in [0.5, 0.6) is 0 Å². The Morgan fingerprint density at radius 2 is 2.00 bits per heavy atom. The molecule has 0 atom stereocenters. The largest absolute Gasteiger partial charge is 0.369 e. The van der Waals surface area contributed by atoms with Gasteiger partial charge in [-0.05, 0) is 52.7 Å². The summed E-state index contributed by atoms with van der Waals surface area (Å²) in [6.45, 7) is 0.926. The Morgan fingerprint density at radius 1 is 1.18 bits per heavy atom. The molecular weight excluding hydrogens is 364 g/mol. The summed E-state index contributed by atoms with van der Waals surface area (Å²) in [4.78, 5) is 4.25. The third-order valence-electron chi connectivity index (χ3n) is 3.70. The van der Waals surface area contributed by atoms with Gasteiger partial charge in [-0.15, -0.1) is 0 Å². The minimum atomic E-state index is 0.719. The van der Waals surface area contributed by atoms with Gasteiger partial charge in [0.15, 0.2) is 0 Å². The van der Waals surface area contributed by atoms with E-state index in [0.717, 1.165) is 45.2 Å². The number of hydrogen-bond donors (Lipinski definition) is 1. The Bertz CT molecular complexity index is 842. The lowest BCUT2D eigenvalue weighted by atomic mass is 10.1. The summed E-state index contributed by atoms with van der Waals surface area (Å²) in [6.07, 6.45) is 4.58. The van der Waals surface area contributed by atoms with Crippen molar-refractivity contribution in [1.29, 1.82) is 0 Å². The topological polar surface area (TPSA) is 42.7 Å². The number of anilines is 1.